The third kappa shape index (κ3) is 5.04. The first-order valence-corrected chi connectivity index (χ1v) is 10.4. The lowest BCUT2D eigenvalue weighted by molar-refractivity contribution is -0.884. The van der Waals surface area contributed by atoms with Crippen LogP contribution in [-0.4, -0.2) is 52.4 Å². The molecule has 0 atom stereocenters. The van der Waals surface area contributed by atoms with Crippen LogP contribution in [0.4, 0.5) is 5.69 Å². The summed E-state index contributed by atoms with van der Waals surface area (Å²) in [6.07, 6.45) is 1.74. The van der Waals surface area contributed by atoms with Crippen molar-refractivity contribution in [2.45, 2.75) is 18.9 Å². The molecule has 1 aromatic heterocycles. The summed E-state index contributed by atoms with van der Waals surface area (Å²) < 4.78 is 11.0. The molecule has 1 fully saturated rings. The number of phenolic OH excluding ortho intramolecular Hbond substituents is 2. The molecule has 4 N–H and O–H groups in total. The second-order valence-corrected chi connectivity index (χ2v) is 7.97. The van der Waals surface area contributed by atoms with Gasteiger partial charge in [-0.2, -0.15) is 0 Å². The Labute approximate surface area is 188 Å². The summed E-state index contributed by atoms with van der Waals surface area (Å²) in [5.74, 6) is -0.701. The fourth-order valence-electron chi connectivity index (χ4n) is 3.69. The molecule has 0 spiro atoms. The smallest absolute Gasteiger partial charge is 0.273 e. The van der Waals surface area contributed by atoms with Gasteiger partial charge in [0.25, 0.3) is 11.6 Å². The first kappa shape index (κ1) is 22.1. The van der Waals surface area contributed by atoms with Crippen molar-refractivity contribution < 1.29 is 34.1 Å². The van der Waals surface area contributed by atoms with Crippen LogP contribution in [-0.2, 0) is 0 Å². The monoisotopic (exact) mass is 455 g/mol. The topological polar surface area (TPSA) is 152 Å². The number of likely N-dealkylation sites (tertiary alicyclic amines) is 1. The molecular formula is C22H23N4O7+. The summed E-state index contributed by atoms with van der Waals surface area (Å²) in [5, 5.41) is 38.0. The Morgan fingerprint density at radius 3 is 2.58 bits per heavy atom. The SMILES string of the molecule is C[NH+]1CCC(NC(=O)c2cc(-c3c(O)cc(O)cc3Oc3ccc([N+](=O)[O-])cc3)on2)CC1. The fraction of sp³-hybridized carbons (Fsp3) is 0.273. The molecule has 1 aliphatic heterocycles. The number of carbonyl (C=O) groups excluding carboxylic acids is 1. The number of piperidine rings is 1. The number of non-ortho nitro benzene ring substituents is 1. The molecule has 172 valence electrons. The van der Waals surface area contributed by atoms with E-state index in [0.717, 1.165) is 32.0 Å². The average Bonchev–Trinajstić information content (AvgIpc) is 3.25. The van der Waals surface area contributed by atoms with Crippen molar-refractivity contribution in [2.75, 3.05) is 20.1 Å². The van der Waals surface area contributed by atoms with Crippen molar-refractivity contribution in [3.63, 3.8) is 0 Å². The van der Waals surface area contributed by atoms with Crippen molar-refractivity contribution in [2.24, 2.45) is 0 Å². The number of hydrogen-bond donors (Lipinski definition) is 4. The number of aromatic nitrogens is 1. The molecule has 0 aliphatic carbocycles. The minimum Gasteiger partial charge on any atom is -0.508 e. The van der Waals surface area contributed by atoms with Gasteiger partial charge in [0.15, 0.2) is 11.5 Å². The Hall–Kier alpha value is -4.12. The summed E-state index contributed by atoms with van der Waals surface area (Å²) in [4.78, 5) is 24.3. The number of aromatic hydroxyl groups is 2. The van der Waals surface area contributed by atoms with Crippen LogP contribution < -0.4 is 15.0 Å². The highest BCUT2D eigenvalue weighted by molar-refractivity contribution is 5.93. The molecule has 1 amide bonds. The van der Waals surface area contributed by atoms with E-state index in [1.165, 1.54) is 41.3 Å². The number of carbonyl (C=O) groups is 1. The van der Waals surface area contributed by atoms with E-state index in [-0.39, 0.29) is 57.7 Å². The third-order valence-electron chi connectivity index (χ3n) is 5.51. The predicted molar refractivity (Wildman–Crippen MR) is 116 cm³/mol. The van der Waals surface area contributed by atoms with E-state index >= 15 is 0 Å². The molecule has 2 heterocycles. The van der Waals surface area contributed by atoms with Gasteiger partial charge in [0.2, 0.25) is 0 Å². The molecule has 0 radical (unpaired) electrons. The molecule has 4 rings (SSSR count). The Morgan fingerprint density at radius 2 is 1.91 bits per heavy atom. The van der Waals surface area contributed by atoms with Crippen LogP contribution >= 0.6 is 0 Å². The van der Waals surface area contributed by atoms with Crippen molar-refractivity contribution >= 4 is 11.6 Å². The molecule has 3 aromatic rings. The number of ether oxygens (including phenoxy) is 1. The predicted octanol–water partition coefficient (Wildman–Crippen LogP) is 1.86. The fourth-order valence-corrected chi connectivity index (χ4v) is 3.69. The average molecular weight is 455 g/mol. The normalized spacial score (nSPS) is 18.0. The van der Waals surface area contributed by atoms with E-state index < -0.39 is 4.92 Å². The van der Waals surface area contributed by atoms with Crippen LogP contribution in [0.5, 0.6) is 23.0 Å². The zero-order chi connectivity index (χ0) is 23.5. The lowest BCUT2D eigenvalue weighted by atomic mass is 10.1. The molecule has 33 heavy (non-hydrogen) atoms. The number of quaternary nitrogens is 1. The number of nitro groups is 1. The molecule has 0 saturated carbocycles. The van der Waals surface area contributed by atoms with Gasteiger partial charge in [-0.25, -0.2) is 0 Å². The maximum absolute atomic E-state index is 12.6. The van der Waals surface area contributed by atoms with Crippen LogP contribution in [0.15, 0.2) is 47.0 Å². The lowest BCUT2D eigenvalue weighted by Crippen LogP contribution is -3.10. The number of amides is 1. The Balaban J connectivity index is 1.57. The van der Waals surface area contributed by atoms with Crippen molar-refractivity contribution in [3.8, 4) is 34.3 Å². The van der Waals surface area contributed by atoms with E-state index in [0.29, 0.717) is 0 Å². The number of phenols is 2. The molecule has 0 bridgehead atoms. The highest BCUT2D eigenvalue weighted by Crippen LogP contribution is 2.43. The third-order valence-corrected chi connectivity index (χ3v) is 5.51. The maximum Gasteiger partial charge on any atom is 0.273 e. The number of nitro benzene ring substituents is 1. The van der Waals surface area contributed by atoms with E-state index in [4.69, 9.17) is 9.26 Å². The van der Waals surface area contributed by atoms with Crippen LogP contribution in [0.25, 0.3) is 11.3 Å². The quantitative estimate of drug-likeness (QED) is 0.325. The Morgan fingerprint density at radius 1 is 1.21 bits per heavy atom. The minimum absolute atomic E-state index is 0.0164. The van der Waals surface area contributed by atoms with Crippen molar-refractivity contribution in [1.82, 2.24) is 10.5 Å². The van der Waals surface area contributed by atoms with E-state index in [2.05, 4.69) is 17.5 Å². The molecule has 11 heteroatoms. The molecule has 11 nitrogen and oxygen atoms in total. The zero-order valence-electron chi connectivity index (χ0n) is 17.8. The van der Waals surface area contributed by atoms with Crippen molar-refractivity contribution in [1.29, 1.82) is 0 Å². The molecule has 2 aromatic carbocycles. The summed E-state index contributed by atoms with van der Waals surface area (Å²) in [7, 11) is 2.11. The van der Waals surface area contributed by atoms with Gasteiger partial charge >= 0.3 is 0 Å². The number of nitrogens with zero attached hydrogens (tertiary/aromatic N) is 2. The van der Waals surface area contributed by atoms with Gasteiger partial charge in [0, 0.05) is 49.2 Å². The Kier molecular flexibility index (Phi) is 6.13. The second-order valence-electron chi connectivity index (χ2n) is 7.97. The zero-order valence-corrected chi connectivity index (χ0v) is 17.8. The van der Waals surface area contributed by atoms with Crippen LogP contribution in [0.3, 0.4) is 0 Å². The van der Waals surface area contributed by atoms with Crippen LogP contribution in [0.1, 0.15) is 23.3 Å². The van der Waals surface area contributed by atoms with Gasteiger partial charge in [-0.3, -0.25) is 14.9 Å². The van der Waals surface area contributed by atoms with Gasteiger partial charge in [0.1, 0.15) is 28.6 Å². The summed E-state index contributed by atoms with van der Waals surface area (Å²) >= 11 is 0. The van der Waals surface area contributed by atoms with Gasteiger partial charge in [0.05, 0.1) is 25.1 Å². The summed E-state index contributed by atoms with van der Waals surface area (Å²) in [5.41, 5.74) is 0.00358. The number of hydrogen-bond acceptors (Lipinski definition) is 8. The maximum atomic E-state index is 12.6. The first-order chi connectivity index (χ1) is 15.8. The number of benzene rings is 2. The number of nitrogens with one attached hydrogen (secondary N) is 2. The van der Waals surface area contributed by atoms with Gasteiger partial charge in [-0.15, -0.1) is 0 Å². The van der Waals surface area contributed by atoms with E-state index in [1.807, 2.05) is 0 Å². The minimum atomic E-state index is -0.538. The van der Waals surface area contributed by atoms with Crippen molar-refractivity contribution in [3.05, 3.63) is 58.3 Å². The standard InChI is InChI=1S/C22H22N4O7/c1-25-8-6-13(7-9-25)23-22(29)17-12-20(33-24-17)21-18(28)10-15(27)11-19(21)32-16-4-2-14(3-5-16)26(30)31/h2-5,10-13,27-28H,6-9H2,1H3,(H,23,29)/p+1. The molecule has 1 aliphatic rings. The number of rotatable bonds is 6. The molecule has 1 saturated heterocycles. The van der Waals surface area contributed by atoms with E-state index in [9.17, 15) is 25.1 Å². The summed E-state index contributed by atoms with van der Waals surface area (Å²) in [6, 6.07) is 9.07. The molecule has 0 unspecified atom stereocenters. The highest BCUT2D eigenvalue weighted by Gasteiger charge is 2.25. The summed E-state index contributed by atoms with van der Waals surface area (Å²) in [6.45, 7) is 1.94. The largest absolute Gasteiger partial charge is 0.508 e. The highest BCUT2D eigenvalue weighted by atomic mass is 16.6. The molecular weight excluding hydrogens is 432 g/mol. The second kappa shape index (κ2) is 9.17. The van der Waals surface area contributed by atoms with Gasteiger partial charge < -0.3 is 29.7 Å². The lowest BCUT2D eigenvalue weighted by Gasteiger charge is -2.26. The van der Waals surface area contributed by atoms with Gasteiger partial charge in [-0.1, -0.05) is 5.16 Å². The van der Waals surface area contributed by atoms with Crippen LogP contribution in [0.2, 0.25) is 0 Å². The van der Waals surface area contributed by atoms with E-state index in [1.54, 1.807) is 0 Å². The van der Waals surface area contributed by atoms with Gasteiger partial charge in [-0.05, 0) is 12.1 Å². The van der Waals surface area contributed by atoms with Crippen LogP contribution in [0, 0.1) is 10.1 Å². The first-order valence-electron chi connectivity index (χ1n) is 10.4. The Bertz CT molecular complexity index is 1170.